The smallest absolute Gasteiger partial charge is 0.223 e. The predicted octanol–water partition coefficient (Wildman–Crippen LogP) is 2.37. The Morgan fingerprint density at radius 3 is 2.42 bits per heavy atom. The lowest BCUT2D eigenvalue weighted by Gasteiger charge is -2.21. The van der Waals surface area contributed by atoms with Gasteiger partial charge < -0.3 is 19.7 Å². The summed E-state index contributed by atoms with van der Waals surface area (Å²) in [6, 6.07) is 7.32. The molecule has 0 fully saturated rings. The molecular formula is C18H28N2O4. The van der Waals surface area contributed by atoms with Gasteiger partial charge in [-0.05, 0) is 44.5 Å². The Balaban J connectivity index is 2.54. The molecule has 6 nitrogen and oxygen atoms in total. The molecule has 0 bridgehead atoms. The van der Waals surface area contributed by atoms with Crippen LogP contribution in [0.4, 0.5) is 5.69 Å². The Morgan fingerprint density at radius 1 is 1.21 bits per heavy atom. The van der Waals surface area contributed by atoms with Crippen LogP contribution in [-0.4, -0.2) is 44.7 Å². The maximum Gasteiger partial charge on any atom is 0.223 e. The molecule has 1 aromatic rings. The molecule has 24 heavy (non-hydrogen) atoms. The summed E-state index contributed by atoms with van der Waals surface area (Å²) in [5.41, 5.74) is 0.755. The van der Waals surface area contributed by atoms with Gasteiger partial charge in [0.05, 0.1) is 6.10 Å². The molecule has 0 aromatic heterocycles. The van der Waals surface area contributed by atoms with Gasteiger partial charge in [-0.2, -0.15) is 0 Å². The molecule has 0 saturated heterocycles. The Bertz CT molecular complexity index is 514. The second-order valence-corrected chi connectivity index (χ2v) is 5.78. The molecule has 0 radical (unpaired) electrons. The molecule has 6 heteroatoms. The number of hydrogen-bond donors (Lipinski definition) is 1. The first kappa shape index (κ1) is 20.0. The molecule has 0 atom stereocenters. The summed E-state index contributed by atoms with van der Waals surface area (Å²) in [5.74, 6) is 0.588. The SMILES string of the molecule is COCCCNC(=O)CCN(C(C)=O)c1ccc(OC(C)C)cc1. The van der Waals surface area contributed by atoms with Crippen LogP contribution in [0.3, 0.4) is 0 Å². The van der Waals surface area contributed by atoms with Crippen LogP contribution in [0.1, 0.15) is 33.6 Å². The molecule has 0 unspecified atom stereocenters. The van der Waals surface area contributed by atoms with Crippen LogP contribution in [0.5, 0.6) is 5.75 Å². The zero-order valence-electron chi connectivity index (χ0n) is 15.0. The van der Waals surface area contributed by atoms with E-state index >= 15 is 0 Å². The van der Waals surface area contributed by atoms with E-state index in [4.69, 9.17) is 9.47 Å². The Hall–Kier alpha value is -2.08. The van der Waals surface area contributed by atoms with Gasteiger partial charge >= 0.3 is 0 Å². The van der Waals surface area contributed by atoms with Crippen LogP contribution in [0.2, 0.25) is 0 Å². The van der Waals surface area contributed by atoms with Gasteiger partial charge in [0, 0.05) is 45.8 Å². The van der Waals surface area contributed by atoms with Crippen molar-refractivity contribution in [3.63, 3.8) is 0 Å². The number of hydrogen-bond acceptors (Lipinski definition) is 4. The fourth-order valence-electron chi connectivity index (χ4n) is 2.19. The fourth-order valence-corrected chi connectivity index (χ4v) is 2.19. The van der Waals surface area contributed by atoms with Crippen LogP contribution in [-0.2, 0) is 14.3 Å². The summed E-state index contributed by atoms with van der Waals surface area (Å²) < 4.78 is 10.5. The first-order valence-corrected chi connectivity index (χ1v) is 8.24. The van der Waals surface area contributed by atoms with Crippen molar-refractivity contribution in [3.05, 3.63) is 24.3 Å². The normalized spacial score (nSPS) is 10.5. The van der Waals surface area contributed by atoms with Gasteiger partial charge in [0.2, 0.25) is 11.8 Å². The first-order chi connectivity index (χ1) is 11.4. The van der Waals surface area contributed by atoms with Crippen LogP contribution < -0.4 is 15.0 Å². The second-order valence-electron chi connectivity index (χ2n) is 5.78. The summed E-state index contributed by atoms with van der Waals surface area (Å²) in [5, 5.41) is 2.82. The van der Waals surface area contributed by atoms with E-state index in [1.54, 1.807) is 12.0 Å². The van der Waals surface area contributed by atoms with Crippen molar-refractivity contribution in [2.24, 2.45) is 0 Å². The van der Waals surface area contributed by atoms with E-state index in [0.717, 1.165) is 17.9 Å². The zero-order valence-corrected chi connectivity index (χ0v) is 15.0. The lowest BCUT2D eigenvalue weighted by molar-refractivity contribution is -0.121. The summed E-state index contributed by atoms with van der Waals surface area (Å²) in [6.45, 7) is 6.95. The average molecular weight is 336 g/mol. The molecule has 0 heterocycles. The Morgan fingerprint density at radius 2 is 1.88 bits per heavy atom. The Labute approximate surface area is 144 Å². The average Bonchev–Trinajstić information content (AvgIpc) is 2.52. The van der Waals surface area contributed by atoms with Gasteiger partial charge in [-0.3, -0.25) is 9.59 Å². The first-order valence-electron chi connectivity index (χ1n) is 8.24. The third kappa shape index (κ3) is 7.46. The molecular weight excluding hydrogens is 308 g/mol. The molecule has 0 spiro atoms. The number of amides is 2. The number of carbonyl (C=O) groups excluding carboxylic acids is 2. The van der Waals surface area contributed by atoms with Gasteiger partial charge in [0.15, 0.2) is 0 Å². The summed E-state index contributed by atoms with van der Waals surface area (Å²) in [7, 11) is 1.63. The summed E-state index contributed by atoms with van der Waals surface area (Å²) >= 11 is 0. The molecule has 1 N–H and O–H groups in total. The fraction of sp³-hybridized carbons (Fsp3) is 0.556. The van der Waals surface area contributed by atoms with E-state index < -0.39 is 0 Å². The number of ether oxygens (including phenoxy) is 2. The van der Waals surface area contributed by atoms with E-state index in [9.17, 15) is 9.59 Å². The molecule has 0 saturated carbocycles. The van der Waals surface area contributed by atoms with Crippen molar-refractivity contribution < 1.29 is 19.1 Å². The third-order valence-electron chi connectivity index (χ3n) is 3.31. The molecule has 1 aromatic carbocycles. The van der Waals surface area contributed by atoms with Crippen molar-refractivity contribution >= 4 is 17.5 Å². The van der Waals surface area contributed by atoms with Crippen LogP contribution in [0.25, 0.3) is 0 Å². The van der Waals surface area contributed by atoms with Crippen molar-refractivity contribution in [2.45, 2.75) is 39.7 Å². The highest BCUT2D eigenvalue weighted by molar-refractivity contribution is 5.92. The second kappa shape index (κ2) is 10.6. The lowest BCUT2D eigenvalue weighted by atomic mass is 10.2. The number of nitrogens with zero attached hydrogens (tertiary/aromatic N) is 1. The lowest BCUT2D eigenvalue weighted by Crippen LogP contribution is -2.34. The van der Waals surface area contributed by atoms with E-state index in [-0.39, 0.29) is 24.3 Å². The highest BCUT2D eigenvalue weighted by atomic mass is 16.5. The topological polar surface area (TPSA) is 67.9 Å². The summed E-state index contributed by atoms with van der Waals surface area (Å²) in [4.78, 5) is 25.3. The largest absolute Gasteiger partial charge is 0.491 e. The number of anilines is 1. The van der Waals surface area contributed by atoms with Gasteiger partial charge in [-0.15, -0.1) is 0 Å². The minimum Gasteiger partial charge on any atom is -0.491 e. The van der Waals surface area contributed by atoms with Gasteiger partial charge in [-0.25, -0.2) is 0 Å². The molecule has 0 aliphatic rings. The summed E-state index contributed by atoms with van der Waals surface area (Å²) in [6.07, 6.45) is 1.13. The maximum absolute atomic E-state index is 11.9. The number of methoxy groups -OCH3 is 1. The standard InChI is InChI=1S/C18H28N2O4/c1-14(2)24-17-8-6-16(7-9-17)20(15(3)21)12-10-18(22)19-11-5-13-23-4/h6-9,14H,5,10-13H2,1-4H3,(H,19,22). The number of carbonyl (C=O) groups is 2. The predicted molar refractivity (Wildman–Crippen MR) is 94.4 cm³/mol. The molecule has 1 rings (SSSR count). The highest BCUT2D eigenvalue weighted by Gasteiger charge is 2.13. The molecule has 0 aliphatic carbocycles. The van der Waals surface area contributed by atoms with Crippen LogP contribution in [0, 0.1) is 0 Å². The van der Waals surface area contributed by atoms with Crippen LogP contribution in [0.15, 0.2) is 24.3 Å². The number of nitrogens with one attached hydrogen (secondary N) is 1. The van der Waals surface area contributed by atoms with Gasteiger partial charge in [0.25, 0.3) is 0 Å². The molecule has 2 amide bonds. The minimum atomic E-state index is -0.0975. The highest BCUT2D eigenvalue weighted by Crippen LogP contribution is 2.20. The number of rotatable bonds is 10. The van der Waals surface area contributed by atoms with Crippen molar-refractivity contribution in [3.8, 4) is 5.75 Å². The van der Waals surface area contributed by atoms with Crippen molar-refractivity contribution in [1.29, 1.82) is 0 Å². The Kier molecular flexibility index (Phi) is 8.86. The van der Waals surface area contributed by atoms with Gasteiger partial charge in [-0.1, -0.05) is 0 Å². The molecule has 134 valence electrons. The number of benzene rings is 1. The van der Waals surface area contributed by atoms with Crippen LogP contribution >= 0.6 is 0 Å². The van der Waals surface area contributed by atoms with Crippen molar-refractivity contribution in [1.82, 2.24) is 5.32 Å². The minimum absolute atomic E-state index is 0.0721. The quantitative estimate of drug-likeness (QED) is 0.666. The van der Waals surface area contributed by atoms with Crippen molar-refractivity contribution in [2.75, 3.05) is 31.7 Å². The van der Waals surface area contributed by atoms with E-state index in [1.807, 2.05) is 38.1 Å². The molecule has 0 aliphatic heterocycles. The zero-order chi connectivity index (χ0) is 17.9. The van der Waals surface area contributed by atoms with E-state index in [2.05, 4.69) is 5.32 Å². The maximum atomic E-state index is 11.9. The monoisotopic (exact) mass is 336 g/mol. The van der Waals surface area contributed by atoms with E-state index in [0.29, 0.717) is 19.7 Å². The van der Waals surface area contributed by atoms with E-state index in [1.165, 1.54) is 6.92 Å². The third-order valence-corrected chi connectivity index (χ3v) is 3.31. The van der Waals surface area contributed by atoms with Gasteiger partial charge in [0.1, 0.15) is 5.75 Å².